The minimum Gasteiger partial charge on any atom is -0.494 e. The SMILES string of the molecule is COc1ccc(C(/C=C\N)=C/N)c(CNC(=O)/C(=C/NCc2cn3cc(C4CC4)ccc3n2)NN)c1F. The number of carbonyl (C=O) groups excluding carboxylic acids is 1. The molecule has 2 aromatic heterocycles. The molecular formula is C26H31FN8O2. The largest absolute Gasteiger partial charge is 0.494 e. The minimum atomic E-state index is -0.619. The van der Waals surface area contributed by atoms with E-state index in [0.717, 1.165) is 11.3 Å². The van der Waals surface area contributed by atoms with Gasteiger partial charge in [0, 0.05) is 36.9 Å². The van der Waals surface area contributed by atoms with Gasteiger partial charge in [-0.15, -0.1) is 0 Å². The number of fused-ring (bicyclic) bond motifs is 1. The van der Waals surface area contributed by atoms with Crippen LogP contribution in [0.3, 0.4) is 0 Å². The molecule has 10 nitrogen and oxygen atoms in total. The number of hydrogen-bond donors (Lipinski definition) is 6. The Morgan fingerprint density at radius 2 is 2.03 bits per heavy atom. The number of rotatable bonds is 11. The van der Waals surface area contributed by atoms with E-state index in [2.05, 4.69) is 33.3 Å². The van der Waals surface area contributed by atoms with E-state index >= 15 is 4.39 Å². The third kappa shape index (κ3) is 5.84. The maximum atomic E-state index is 15.1. The van der Waals surface area contributed by atoms with Crippen molar-refractivity contribution in [3.05, 3.63) is 95.2 Å². The van der Waals surface area contributed by atoms with Crippen molar-refractivity contribution in [3.8, 4) is 5.75 Å². The van der Waals surface area contributed by atoms with Crippen molar-refractivity contribution < 1.29 is 13.9 Å². The summed E-state index contributed by atoms with van der Waals surface area (Å²) in [6, 6.07) is 7.25. The fraction of sp³-hybridized carbons (Fsp3) is 0.231. The van der Waals surface area contributed by atoms with Gasteiger partial charge in [-0.25, -0.2) is 9.37 Å². The van der Waals surface area contributed by atoms with Gasteiger partial charge >= 0.3 is 0 Å². The molecular weight excluding hydrogens is 475 g/mol. The van der Waals surface area contributed by atoms with Gasteiger partial charge in [0.2, 0.25) is 0 Å². The topological polar surface area (TPSA) is 158 Å². The lowest BCUT2D eigenvalue weighted by Crippen LogP contribution is -2.36. The normalized spacial score (nSPS) is 14.2. The molecule has 0 spiro atoms. The summed E-state index contributed by atoms with van der Waals surface area (Å²) in [6.45, 7) is 0.228. The van der Waals surface area contributed by atoms with E-state index in [4.69, 9.17) is 22.0 Å². The first-order chi connectivity index (χ1) is 18.0. The number of nitrogens with zero attached hydrogens (tertiary/aromatic N) is 2. The molecule has 1 amide bonds. The van der Waals surface area contributed by atoms with Crippen molar-refractivity contribution in [1.29, 1.82) is 0 Å². The summed E-state index contributed by atoms with van der Waals surface area (Å²) >= 11 is 0. The van der Waals surface area contributed by atoms with Crippen molar-refractivity contribution in [2.24, 2.45) is 17.3 Å². The van der Waals surface area contributed by atoms with Crippen molar-refractivity contribution in [2.45, 2.75) is 31.8 Å². The van der Waals surface area contributed by atoms with Gasteiger partial charge in [-0.1, -0.05) is 12.1 Å². The van der Waals surface area contributed by atoms with E-state index in [1.165, 1.54) is 56.3 Å². The first-order valence-corrected chi connectivity index (χ1v) is 11.8. The Morgan fingerprint density at radius 1 is 1.22 bits per heavy atom. The van der Waals surface area contributed by atoms with E-state index in [9.17, 15) is 4.79 Å². The number of benzene rings is 1. The number of nitrogens with one attached hydrogen (secondary N) is 3. The van der Waals surface area contributed by atoms with Crippen LogP contribution in [-0.4, -0.2) is 22.4 Å². The van der Waals surface area contributed by atoms with E-state index in [-0.39, 0.29) is 23.6 Å². The highest BCUT2D eigenvalue weighted by atomic mass is 19.1. The summed E-state index contributed by atoms with van der Waals surface area (Å²) in [5, 5.41) is 5.71. The van der Waals surface area contributed by atoms with Crippen LogP contribution >= 0.6 is 0 Å². The molecule has 3 aromatic rings. The number of carbonyl (C=O) groups is 1. The van der Waals surface area contributed by atoms with E-state index < -0.39 is 11.7 Å². The van der Waals surface area contributed by atoms with Gasteiger partial charge in [-0.3, -0.25) is 10.6 Å². The Kier molecular flexibility index (Phi) is 7.94. The van der Waals surface area contributed by atoms with Crippen molar-refractivity contribution in [3.63, 3.8) is 0 Å². The van der Waals surface area contributed by atoms with Gasteiger partial charge in [-0.05, 0) is 59.9 Å². The van der Waals surface area contributed by atoms with Crippen LogP contribution in [0.4, 0.5) is 4.39 Å². The van der Waals surface area contributed by atoms with Crippen LogP contribution in [0.2, 0.25) is 0 Å². The molecule has 1 saturated carbocycles. The van der Waals surface area contributed by atoms with Gasteiger partial charge in [0.1, 0.15) is 11.3 Å². The minimum absolute atomic E-state index is 0.0344. The Balaban J connectivity index is 1.43. The first-order valence-electron chi connectivity index (χ1n) is 11.8. The maximum absolute atomic E-state index is 15.1. The zero-order valence-electron chi connectivity index (χ0n) is 20.5. The number of imidazole rings is 1. The molecule has 1 fully saturated rings. The summed E-state index contributed by atoms with van der Waals surface area (Å²) in [5.74, 6) is 5.10. The Morgan fingerprint density at radius 3 is 2.70 bits per heavy atom. The monoisotopic (exact) mass is 506 g/mol. The number of allylic oxidation sites excluding steroid dienone is 2. The fourth-order valence-corrected chi connectivity index (χ4v) is 4.04. The number of hydrazine groups is 1. The highest BCUT2D eigenvalue weighted by Gasteiger charge is 2.23. The first kappa shape index (κ1) is 25.6. The second-order valence-electron chi connectivity index (χ2n) is 8.59. The average molecular weight is 507 g/mol. The van der Waals surface area contributed by atoms with Crippen LogP contribution in [0.5, 0.6) is 5.75 Å². The molecule has 2 heterocycles. The molecule has 0 radical (unpaired) electrons. The summed E-state index contributed by atoms with van der Waals surface area (Å²) in [4.78, 5) is 17.4. The molecule has 11 heteroatoms. The third-order valence-corrected chi connectivity index (χ3v) is 6.12. The lowest BCUT2D eigenvalue weighted by molar-refractivity contribution is -0.118. The predicted octanol–water partition coefficient (Wildman–Crippen LogP) is 1.84. The molecule has 0 bridgehead atoms. The summed E-state index contributed by atoms with van der Waals surface area (Å²) in [6.07, 6.45) is 12.1. The standard InChI is InChI=1S/C26H31FN8O2/c1-37-23-6-5-20(17(10-29)8-9-28)21(25(23)27)12-32-26(36)22(34-30)13-31-11-19-15-35-14-18(16-2-3-16)4-7-24(35)33-19/h4-10,13-16,31,34H,2-3,11-12,28-30H2,1H3,(H,32,36)/b9-8-,17-10+,22-13-. The van der Waals surface area contributed by atoms with Crippen LogP contribution in [0.25, 0.3) is 11.2 Å². The van der Waals surface area contributed by atoms with Crippen LogP contribution in [-0.2, 0) is 17.9 Å². The lowest BCUT2D eigenvalue weighted by Gasteiger charge is -2.15. The van der Waals surface area contributed by atoms with Crippen LogP contribution in [0.1, 0.15) is 41.1 Å². The Bertz CT molecular complexity index is 1370. The van der Waals surface area contributed by atoms with Gasteiger partial charge in [0.05, 0.1) is 19.3 Å². The number of hydrogen-bond acceptors (Lipinski definition) is 8. The van der Waals surface area contributed by atoms with Crippen LogP contribution < -0.4 is 38.1 Å². The van der Waals surface area contributed by atoms with Crippen molar-refractivity contribution in [2.75, 3.05) is 7.11 Å². The van der Waals surface area contributed by atoms with Gasteiger partial charge in [0.25, 0.3) is 5.91 Å². The molecule has 0 aliphatic heterocycles. The molecule has 37 heavy (non-hydrogen) atoms. The number of nitrogens with two attached hydrogens (primary N) is 3. The zero-order valence-corrected chi connectivity index (χ0v) is 20.5. The quantitative estimate of drug-likeness (QED) is 0.0995. The van der Waals surface area contributed by atoms with Crippen molar-refractivity contribution in [1.82, 2.24) is 25.4 Å². The van der Waals surface area contributed by atoms with Crippen molar-refractivity contribution >= 4 is 17.1 Å². The zero-order chi connectivity index (χ0) is 26.4. The average Bonchev–Trinajstić information content (AvgIpc) is 3.68. The predicted molar refractivity (Wildman–Crippen MR) is 140 cm³/mol. The molecule has 4 rings (SSSR count). The Hall–Kier alpha value is -4.51. The molecule has 1 aliphatic carbocycles. The van der Waals surface area contributed by atoms with Crippen LogP contribution in [0.15, 0.2) is 67.0 Å². The summed E-state index contributed by atoms with van der Waals surface area (Å²) in [5.41, 5.74) is 17.7. The molecule has 0 atom stereocenters. The molecule has 1 aliphatic rings. The number of halogens is 1. The molecule has 0 unspecified atom stereocenters. The maximum Gasteiger partial charge on any atom is 0.270 e. The molecule has 194 valence electrons. The number of methoxy groups -OCH3 is 1. The summed E-state index contributed by atoms with van der Waals surface area (Å²) < 4.78 is 22.2. The fourth-order valence-electron chi connectivity index (χ4n) is 4.04. The van der Waals surface area contributed by atoms with E-state index in [1.807, 2.05) is 16.7 Å². The molecule has 0 saturated heterocycles. The highest BCUT2D eigenvalue weighted by Crippen LogP contribution is 2.39. The summed E-state index contributed by atoms with van der Waals surface area (Å²) in [7, 11) is 1.36. The second kappa shape index (κ2) is 11.5. The number of amides is 1. The highest BCUT2D eigenvalue weighted by molar-refractivity contribution is 5.92. The number of aromatic nitrogens is 2. The Labute approximate surface area is 214 Å². The van der Waals surface area contributed by atoms with Gasteiger partial charge in [-0.2, -0.15) is 0 Å². The van der Waals surface area contributed by atoms with E-state index in [0.29, 0.717) is 23.6 Å². The van der Waals surface area contributed by atoms with Crippen LogP contribution in [0, 0.1) is 5.82 Å². The number of ether oxygens (including phenoxy) is 1. The second-order valence-corrected chi connectivity index (χ2v) is 8.59. The molecule has 9 N–H and O–H groups in total. The smallest absolute Gasteiger partial charge is 0.270 e. The molecule has 1 aromatic carbocycles. The third-order valence-electron chi connectivity index (χ3n) is 6.12. The lowest BCUT2D eigenvalue weighted by atomic mass is 9.99. The van der Waals surface area contributed by atoms with Gasteiger partial charge < -0.3 is 36.7 Å². The number of pyridine rings is 1. The van der Waals surface area contributed by atoms with Gasteiger partial charge in [0.15, 0.2) is 11.6 Å². The van der Waals surface area contributed by atoms with E-state index in [1.54, 1.807) is 6.07 Å².